The number of nitrogens with zero attached hydrogens (tertiary/aromatic N) is 2. The molecule has 1 N–H and O–H groups in total. The number of aryl methyl sites for hydroxylation is 2. The highest BCUT2D eigenvalue weighted by Gasteiger charge is 2.08. The minimum absolute atomic E-state index is 0.485. The van der Waals surface area contributed by atoms with Crippen LogP contribution in [0.15, 0.2) is 24.3 Å². The lowest BCUT2D eigenvalue weighted by Crippen LogP contribution is -2.13. The van der Waals surface area contributed by atoms with Crippen LogP contribution in [-0.4, -0.2) is 16.7 Å². The largest absolute Gasteiger partial charge is 0.437 e. The third kappa shape index (κ3) is 3.68. The van der Waals surface area contributed by atoms with E-state index in [1.165, 1.54) is 0 Å². The summed E-state index contributed by atoms with van der Waals surface area (Å²) in [6.45, 7) is 7.59. The van der Waals surface area contributed by atoms with Gasteiger partial charge in [0.15, 0.2) is 0 Å². The molecule has 0 saturated carbocycles. The fourth-order valence-corrected chi connectivity index (χ4v) is 2.24. The molecule has 0 aliphatic carbocycles. The summed E-state index contributed by atoms with van der Waals surface area (Å²) in [4.78, 5) is 0. The molecular weight excluding hydrogens is 274 g/mol. The first kappa shape index (κ1) is 14.8. The van der Waals surface area contributed by atoms with E-state index in [0.717, 1.165) is 29.1 Å². The second kappa shape index (κ2) is 6.68. The Kier molecular flexibility index (Phi) is 4.93. The molecule has 0 spiro atoms. The van der Waals surface area contributed by atoms with Gasteiger partial charge in [-0.05, 0) is 49.7 Å². The Labute approximate surface area is 124 Å². The number of hydrogen-bond donors (Lipinski definition) is 1. The monoisotopic (exact) mass is 291 g/mol. The van der Waals surface area contributed by atoms with E-state index >= 15 is 0 Å². The van der Waals surface area contributed by atoms with Crippen LogP contribution in [0.3, 0.4) is 0 Å². The molecule has 0 atom stereocenters. The van der Waals surface area contributed by atoms with E-state index in [1.54, 1.807) is 0 Å². The molecule has 106 valence electrons. The summed E-state index contributed by atoms with van der Waals surface area (Å²) in [5, 5.41) is 12.1. The molecule has 0 amide bonds. The average Bonchev–Trinajstić information content (AvgIpc) is 2.42. The third-order valence-corrected chi connectivity index (χ3v) is 3.10. The molecule has 2 aromatic rings. The SMILES string of the molecule is CCNCc1ccc(Oc2c(C)cc(Cl)cc2C)nn1. The van der Waals surface area contributed by atoms with Crippen LogP contribution in [0.1, 0.15) is 23.7 Å². The maximum absolute atomic E-state index is 6.00. The number of hydrogen-bond acceptors (Lipinski definition) is 4. The number of rotatable bonds is 5. The smallest absolute Gasteiger partial charge is 0.238 e. The van der Waals surface area contributed by atoms with Crippen LogP contribution in [0.25, 0.3) is 0 Å². The fourth-order valence-electron chi connectivity index (χ4n) is 1.91. The molecule has 0 aliphatic heterocycles. The standard InChI is InChI=1S/C15H18ClN3O/c1-4-17-9-13-5-6-14(19-18-13)20-15-10(2)7-12(16)8-11(15)3/h5-8,17H,4,9H2,1-3H3. The lowest BCUT2D eigenvalue weighted by molar-refractivity contribution is 0.447. The van der Waals surface area contributed by atoms with Gasteiger partial charge in [-0.15, -0.1) is 5.10 Å². The van der Waals surface area contributed by atoms with Crippen LogP contribution < -0.4 is 10.1 Å². The molecular formula is C15H18ClN3O. The van der Waals surface area contributed by atoms with Gasteiger partial charge in [-0.1, -0.05) is 18.5 Å². The van der Waals surface area contributed by atoms with Crippen LogP contribution in [0.4, 0.5) is 0 Å². The first-order chi connectivity index (χ1) is 9.60. The van der Waals surface area contributed by atoms with Gasteiger partial charge in [0.2, 0.25) is 5.88 Å². The summed E-state index contributed by atoms with van der Waals surface area (Å²) in [5.74, 6) is 1.27. The molecule has 20 heavy (non-hydrogen) atoms. The second-order valence-corrected chi connectivity index (χ2v) is 5.05. The van der Waals surface area contributed by atoms with E-state index in [-0.39, 0.29) is 0 Å². The van der Waals surface area contributed by atoms with Crippen molar-refractivity contribution in [3.05, 3.63) is 46.1 Å². The normalized spacial score (nSPS) is 10.6. The van der Waals surface area contributed by atoms with Gasteiger partial charge in [-0.3, -0.25) is 0 Å². The van der Waals surface area contributed by atoms with Gasteiger partial charge in [0.25, 0.3) is 0 Å². The van der Waals surface area contributed by atoms with Crippen LogP contribution in [-0.2, 0) is 6.54 Å². The van der Waals surface area contributed by atoms with Crippen molar-refractivity contribution in [2.75, 3.05) is 6.54 Å². The molecule has 0 unspecified atom stereocenters. The highest BCUT2D eigenvalue weighted by Crippen LogP contribution is 2.30. The van der Waals surface area contributed by atoms with E-state index in [2.05, 4.69) is 22.4 Å². The molecule has 1 heterocycles. The molecule has 0 bridgehead atoms. The third-order valence-electron chi connectivity index (χ3n) is 2.88. The van der Waals surface area contributed by atoms with Crippen molar-refractivity contribution in [3.8, 4) is 11.6 Å². The molecule has 0 aliphatic rings. The highest BCUT2D eigenvalue weighted by atomic mass is 35.5. The number of benzene rings is 1. The Hall–Kier alpha value is -1.65. The van der Waals surface area contributed by atoms with E-state index in [4.69, 9.17) is 16.3 Å². The highest BCUT2D eigenvalue weighted by molar-refractivity contribution is 6.30. The summed E-state index contributed by atoms with van der Waals surface area (Å²) >= 11 is 6.00. The Morgan fingerprint density at radius 2 is 1.85 bits per heavy atom. The molecule has 0 fully saturated rings. The van der Waals surface area contributed by atoms with Crippen molar-refractivity contribution in [3.63, 3.8) is 0 Å². The number of ether oxygens (including phenoxy) is 1. The predicted octanol–water partition coefficient (Wildman–Crippen LogP) is 3.65. The maximum atomic E-state index is 6.00. The van der Waals surface area contributed by atoms with Gasteiger partial charge < -0.3 is 10.1 Å². The summed E-state index contributed by atoms with van der Waals surface area (Å²) in [7, 11) is 0. The Bertz CT molecular complexity index is 561. The molecule has 0 radical (unpaired) electrons. The second-order valence-electron chi connectivity index (χ2n) is 4.61. The van der Waals surface area contributed by atoms with Gasteiger partial charge in [-0.25, -0.2) is 0 Å². The Morgan fingerprint density at radius 1 is 1.15 bits per heavy atom. The van der Waals surface area contributed by atoms with Gasteiger partial charge in [0, 0.05) is 17.6 Å². The first-order valence-electron chi connectivity index (χ1n) is 6.58. The topological polar surface area (TPSA) is 47.0 Å². The Morgan fingerprint density at radius 3 is 2.40 bits per heavy atom. The van der Waals surface area contributed by atoms with Crippen LogP contribution in [0.2, 0.25) is 5.02 Å². The minimum atomic E-state index is 0.485. The van der Waals surface area contributed by atoms with E-state index in [1.807, 2.05) is 38.1 Å². The summed E-state index contributed by atoms with van der Waals surface area (Å²) in [6, 6.07) is 7.48. The number of aromatic nitrogens is 2. The van der Waals surface area contributed by atoms with Gasteiger partial charge in [0.05, 0.1) is 5.69 Å². The molecule has 0 saturated heterocycles. The van der Waals surface area contributed by atoms with Crippen LogP contribution >= 0.6 is 11.6 Å². The van der Waals surface area contributed by atoms with E-state index in [0.29, 0.717) is 17.4 Å². The van der Waals surface area contributed by atoms with Crippen molar-refractivity contribution in [2.24, 2.45) is 0 Å². The molecule has 2 rings (SSSR count). The zero-order valence-electron chi connectivity index (χ0n) is 11.9. The zero-order chi connectivity index (χ0) is 14.5. The molecule has 1 aromatic heterocycles. The van der Waals surface area contributed by atoms with Gasteiger partial charge >= 0.3 is 0 Å². The molecule has 1 aromatic carbocycles. The van der Waals surface area contributed by atoms with E-state index in [9.17, 15) is 0 Å². The van der Waals surface area contributed by atoms with Gasteiger partial charge in [0.1, 0.15) is 5.75 Å². The summed E-state index contributed by atoms with van der Waals surface area (Å²) in [6.07, 6.45) is 0. The van der Waals surface area contributed by atoms with Crippen molar-refractivity contribution in [1.82, 2.24) is 15.5 Å². The summed E-state index contributed by atoms with van der Waals surface area (Å²) in [5.41, 5.74) is 2.85. The maximum Gasteiger partial charge on any atom is 0.238 e. The lowest BCUT2D eigenvalue weighted by atomic mass is 10.1. The summed E-state index contributed by atoms with van der Waals surface area (Å²) < 4.78 is 5.80. The molecule has 5 heteroatoms. The van der Waals surface area contributed by atoms with Crippen molar-refractivity contribution in [2.45, 2.75) is 27.3 Å². The Balaban J connectivity index is 2.14. The predicted molar refractivity (Wildman–Crippen MR) is 80.4 cm³/mol. The minimum Gasteiger partial charge on any atom is -0.437 e. The van der Waals surface area contributed by atoms with Crippen molar-refractivity contribution in [1.29, 1.82) is 0 Å². The van der Waals surface area contributed by atoms with Gasteiger partial charge in [-0.2, -0.15) is 5.10 Å². The van der Waals surface area contributed by atoms with E-state index < -0.39 is 0 Å². The van der Waals surface area contributed by atoms with Crippen molar-refractivity contribution < 1.29 is 4.74 Å². The quantitative estimate of drug-likeness (QED) is 0.913. The van der Waals surface area contributed by atoms with Crippen LogP contribution in [0.5, 0.6) is 11.6 Å². The number of nitrogens with one attached hydrogen (secondary N) is 1. The zero-order valence-corrected chi connectivity index (χ0v) is 12.7. The first-order valence-corrected chi connectivity index (χ1v) is 6.96. The lowest BCUT2D eigenvalue weighted by Gasteiger charge is -2.11. The number of halogens is 1. The van der Waals surface area contributed by atoms with Crippen LogP contribution in [0, 0.1) is 13.8 Å². The van der Waals surface area contributed by atoms with Crippen molar-refractivity contribution >= 4 is 11.6 Å². The fraction of sp³-hybridized carbons (Fsp3) is 0.333. The average molecular weight is 292 g/mol. The molecule has 4 nitrogen and oxygen atoms in total.